The molecule has 5 nitrogen and oxygen atoms in total. The van der Waals surface area contributed by atoms with Crippen LogP contribution in [-0.2, 0) is 6.54 Å². The summed E-state index contributed by atoms with van der Waals surface area (Å²) >= 11 is 0. The third kappa shape index (κ3) is 2.51. The van der Waals surface area contributed by atoms with Crippen LogP contribution in [0.1, 0.15) is 39.0 Å². The quantitative estimate of drug-likeness (QED) is 0.828. The van der Waals surface area contributed by atoms with E-state index in [0.717, 1.165) is 32.1 Å². The summed E-state index contributed by atoms with van der Waals surface area (Å²) in [6.07, 6.45) is 8.33. The minimum absolute atomic E-state index is 0.625. The second-order valence-electron chi connectivity index (χ2n) is 5.49. The minimum Gasteiger partial charge on any atom is -0.351 e. The van der Waals surface area contributed by atoms with Crippen molar-refractivity contribution >= 4 is 5.82 Å². The lowest BCUT2D eigenvalue weighted by molar-refractivity contribution is 0.537. The summed E-state index contributed by atoms with van der Waals surface area (Å²) in [5, 5.41) is 11.9. The van der Waals surface area contributed by atoms with Crippen LogP contribution in [0.4, 0.5) is 5.82 Å². The van der Waals surface area contributed by atoms with Crippen molar-refractivity contribution in [3.63, 3.8) is 0 Å². The number of rotatable bonds is 6. The Balaban J connectivity index is 1.66. The van der Waals surface area contributed by atoms with Crippen LogP contribution >= 0.6 is 0 Å². The second-order valence-corrected chi connectivity index (χ2v) is 5.49. The van der Waals surface area contributed by atoms with Crippen molar-refractivity contribution in [3.05, 3.63) is 6.20 Å². The maximum atomic E-state index is 4.20. The first-order valence-corrected chi connectivity index (χ1v) is 7.27. The lowest BCUT2D eigenvalue weighted by atomic mass is 10.2. The molecule has 0 amide bonds. The average Bonchev–Trinajstić information content (AvgIpc) is 2.90. The Hall–Kier alpha value is -1.10. The molecule has 1 aliphatic heterocycles. The van der Waals surface area contributed by atoms with E-state index in [4.69, 9.17) is 0 Å². The van der Waals surface area contributed by atoms with Crippen LogP contribution in [-0.4, -0.2) is 40.2 Å². The SMILES string of the molecule is CCCn1nncc1N1CCCC1CNC1CC1. The zero-order valence-electron chi connectivity index (χ0n) is 11.2. The molecule has 2 aliphatic rings. The molecule has 1 unspecified atom stereocenters. The van der Waals surface area contributed by atoms with Crippen LogP contribution in [0, 0.1) is 0 Å². The summed E-state index contributed by atoms with van der Waals surface area (Å²) in [7, 11) is 0. The topological polar surface area (TPSA) is 46.0 Å². The van der Waals surface area contributed by atoms with Gasteiger partial charge in [-0.15, -0.1) is 5.10 Å². The van der Waals surface area contributed by atoms with Crippen molar-refractivity contribution in [2.24, 2.45) is 0 Å². The van der Waals surface area contributed by atoms with Gasteiger partial charge < -0.3 is 10.2 Å². The average molecular weight is 249 g/mol. The number of nitrogens with one attached hydrogen (secondary N) is 1. The number of anilines is 1. The molecule has 1 N–H and O–H groups in total. The third-order valence-electron chi connectivity index (χ3n) is 3.92. The fourth-order valence-electron chi connectivity index (χ4n) is 2.79. The maximum Gasteiger partial charge on any atom is 0.147 e. The summed E-state index contributed by atoms with van der Waals surface area (Å²) in [6.45, 7) is 5.41. The second kappa shape index (κ2) is 5.26. The van der Waals surface area contributed by atoms with E-state index in [0.29, 0.717) is 6.04 Å². The van der Waals surface area contributed by atoms with Crippen LogP contribution in [0.2, 0.25) is 0 Å². The van der Waals surface area contributed by atoms with E-state index in [1.54, 1.807) is 0 Å². The summed E-state index contributed by atoms with van der Waals surface area (Å²) < 4.78 is 2.05. The van der Waals surface area contributed by atoms with Gasteiger partial charge in [0.25, 0.3) is 0 Å². The van der Waals surface area contributed by atoms with Crippen molar-refractivity contribution < 1.29 is 0 Å². The molecule has 0 radical (unpaired) electrons. The molecule has 3 rings (SSSR count). The van der Waals surface area contributed by atoms with Gasteiger partial charge in [0.2, 0.25) is 0 Å². The molecule has 5 heteroatoms. The fraction of sp³-hybridized carbons (Fsp3) is 0.846. The van der Waals surface area contributed by atoms with Crippen LogP contribution in [0.5, 0.6) is 0 Å². The van der Waals surface area contributed by atoms with Crippen LogP contribution in [0.15, 0.2) is 6.20 Å². The van der Waals surface area contributed by atoms with Gasteiger partial charge >= 0.3 is 0 Å². The van der Waals surface area contributed by atoms with Crippen molar-refractivity contribution in [1.29, 1.82) is 0 Å². The molecular weight excluding hydrogens is 226 g/mol. The monoisotopic (exact) mass is 249 g/mol. The van der Waals surface area contributed by atoms with E-state index < -0.39 is 0 Å². The highest BCUT2D eigenvalue weighted by atomic mass is 15.5. The van der Waals surface area contributed by atoms with Gasteiger partial charge in [0, 0.05) is 31.7 Å². The molecule has 1 aromatic rings. The summed E-state index contributed by atoms with van der Waals surface area (Å²) in [4.78, 5) is 2.49. The Morgan fingerprint density at radius 3 is 3.06 bits per heavy atom. The molecule has 1 saturated carbocycles. The van der Waals surface area contributed by atoms with Gasteiger partial charge in [-0.05, 0) is 32.1 Å². The first kappa shape index (κ1) is 12.0. The Labute approximate surface area is 109 Å². The zero-order valence-corrected chi connectivity index (χ0v) is 11.2. The Morgan fingerprint density at radius 2 is 2.28 bits per heavy atom. The highest BCUT2D eigenvalue weighted by molar-refractivity contribution is 5.39. The Morgan fingerprint density at radius 1 is 1.39 bits per heavy atom. The number of aryl methyl sites for hydroxylation is 1. The molecule has 1 saturated heterocycles. The lowest BCUT2D eigenvalue weighted by Crippen LogP contribution is -2.39. The van der Waals surface area contributed by atoms with Gasteiger partial charge in [-0.2, -0.15) is 0 Å². The number of nitrogens with zero attached hydrogens (tertiary/aromatic N) is 4. The van der Waals surface area contributed by atoms with Gasteiger partial charge in [-0.1, -0.05) is 12.1 Å². The summed E-state index contributed by atoms with van der Waals surface area (Å²) in [5.74, 6) is 1.21. The maximum absolute atomic E-state index is 4.20. The largest absolute Gasteiger partial charge is 0.351 e. The minimum atomic E-state index is 0.625. The molecule has 18 heavy (non-hydrogen) atoms. The van der Waals surface area contributed by atoms with E-state index in [-0.39, 0.29) is 0 Å². The van der Waals surface area contributed by atoms with Crippen LogP contribution < -0.4 is 10.2 Å². The number of aromatic nitrogens is 3. The van der Waals surface area contributed by atoms with Gasteiger partial charge in [0.05, 0.1) is 6.20 Å². The highest BCUT2D eigenvalue weighted by Crippen LogP contribution is 2.26. The van der Waals surface area contributed by atoms with Gasteiger partial charge in [0.15, 0.2) is 0 Å². The van der Waals surface area contributed by atoms with Crippen molar-refractivity contribution in [2.75, 3.05) is 18.0 Å². The Kier molecular flexibility index (Phi) is 3.50. The molecule has 2 heterocycles. The van der Waals surface area contributed by atoms with Crippen molar-refractivity contribution in [1.82, 2.24) is 20.3 Å². The molecular formula is C13H23N5. The first-order chi connectivity index (χ1) is 8.88. The van der Waals surface area contributed by atoms with Crippen LogP contribution in [0.3, 0.4) is 0 Å². The number of hydrogen-bond acceptors (Lipinski definition) is 4. The Bertz CT molecular complexity index is 384. The van der Waals surface area contributed by atoms with E-state index >= 15 is 0 Å². The first-order valence-electron chi connectivity index (χ1n) is 7.27. The molecule has 2 fully saturated rings. The zero-order chi connectivity index (χ0) is 12.4. The van der Waals surface area contributed by atoms with Gasteiger partial charge in [-0.3, -0.25) is 0 Å². The van der Waals surface area contributed by atoms with E-state index in [2.05, 4.69) is 32.1 Å². The summed E-state index contributed by atoms with van der Waals surface area (Å²) in [5.41, 5.74) is 0. The van der Waals surface area contributed by atoms with Gasteiger partial charge in [-0.25, -0.2) is 4.68 Å². The third-order valence-corrected chi connectivity index (χ3v) is 3.92. The predicted octanol–water partition coefficient (Wildman–Crippen LogP) is 1.41. The fourth-order valence-corrected chi connectivity index (χ4v) is 2.79. The van der Waals surface area contributed by atoms with E-state index in [1.165, 1.54) is 31.5 Å². The van der Waals surface area contributed by atoms with E-state index in [1.807, 2.05) is 6.20 Å². The predicted molar refractivity (Wildman–Crippen MR) is 71.7 cm³/mol. The molecule has 100 valence electrons. The standard InChI is InChI=1S/C13H23N5/c1-2-7-18-13(10-15-16-18)17-8-3-4-12(17)9-14-11-5-6-11/h10-12,14H,2-9H2,1H3. The summed E-state index contributed by atoms with van der Waals surface area (Å²) in [6, 6.07) is 1.42. The molecule has 0 aromatic carbocycles. The highest BCUT2D eigenvalue weighted by Gasteiger charge is 2.29. The van der Waals surface area contributed by atoms with E-state index in [9.17, 15) is 0 Å². The molecule has 0 bridgehead atoms. The lowest BCUT2D eigenvalue weighted by Gasteiger charge is -2.26. The van der Waals surface area contributed by atoms with Crippen molar-refractivity contribution in [3.8, 4) is 0 Å². The van der Waals surface area contributed by atoms with Crippen LogP contribution in [0.25, 0.3) is 0 Å². The smallest absolute Gasteiger partial charge is 0.147 e. The van der Waals surface area contributed by atoms with Crippen molar-refractivity contribution in [2.45, 2.75) is 57.7 Å². The van der Waals surface area contributed by atoms with Gasteiger partial charge in [0.1, 0.15) is 5.82 Å². The molecule has 1 aromatic heterocycles. The molecule has 1 aliphatic carbocycles. The molecule has 0 spiro atoms. The molecule has 1 atom stereocenters. The number of hydrogen-bond donors (Lipinski definition) is 1. The normalized spacial score (nSPS) is 23.8.